The number of ether oxygens (including phenoxy) is 1. The highest BCUT2D eigenvalue weighted by Gasteiger charge is 2.08. The predicted octanol–water partition coefficient (Wildman–Crippen LogP) is 2.79. The molecule has 4 nitrogen and oxygen atoms in total. The van der Waals surface area contributed by atoms with Crippen LogP contribution in [0.15, 0.2) is 36.7 Å². The highest BCUT2D eigenvalue weighted by molar-refractivity contribution is 5.71. The van der Waals surface area contributed by atoms with Crippen LogP contribution >= 0.6 is 0 Å². The number of halogens is 2. The molecule has 0 saturated heterocycles. The van der Waals surface area contributed by atoms with E-state index in [1.54, 1.807) is 31.6 Å². The first-order valence-electron chi connectivity index (χ1n) is 5.24. The normalized spacial score (nSPS) is 10.4. The number of hydrogen-bond donors (Lipinski definition) is 1. The van der Waals surface area contributed by atoms with Crippen LogP contribution in [0.1, 0.15) is 0 Å². The van der Waals surface area contributed by atoms with Crippen LogP contribution in [0.2, 0.25) is 0 Å². The zero-order valence-electron chi connectivity index (χ0n) is 9.60. The quantitative estimate of drug-likeness (QED) is 0.907. The molecule has 1 heterocycles. The lowest BCUT2D eigenvalue weighted by Crippen LogP contribution is -2.01. The summed E-state index contributed by atoms with van der Waals surface area (Å²) in [7, 11) is 1.74. The number of rotatable bonds is 4. The van der Waals surface area contributed by atoms with Gasteiger partial charge in [0.1, 0.15) is 11.4 Å². The maximum Gasteiger partial charge on any atom is 0.387 e. The van der Waals surface area contributed by atoms with Crippen LogP contribution < -0.4 is 10.1 Å². The van der Waals surface area contributed by atoms with E-state index in [1.165, 1.54) is 12.1 Å². The third kappa shape index (κ3) is 2.71. The van der Waals surface area contributed by atoms with Crippen molar-refractivity contribution in [1.29, 1.82) is 0 Å². The molecule has 0 atom stereocenters. The second-order valence-electron chi connectivity index (χ2n) is 3.41. The molecule has 0 saturated carbocycles. The van der Waals surface area contributed by atoms with Crippen molar-refractivity contribution in [2.75, 3.05) is 12.4 Å². The van der Waals surface area contributed by atoms with Crippen LogP contribution in [0, 0.1) is 0 Å². The first-order valence-corrected chi connectivity index (χ1v) is 5.24. The summed E-state index contributed by atoms with van der Waals surface area (Å²) in [4.78, 5) is 8.32. The molecule has 1 N–H and O–H groups in total. The van der Waals surface area contributed by atoms with Crippen molar-refractivity contribution in [3.8, 4) is 17.0 Å². The molecule has 1 aromatic heterocycles. The molecule has 94 valence electrons. The van der Waals surface area contributed by atoms with Gasteiger partial charge in [-0.05, 0) is 24.3 Å². The van der Waals surface area contributed by atoms with Gasteiger partial charge in [-0.15, -0.1) is 0 Å². The predicted molar refractivity (Wildman–Crippen MR) is 63.6 cm³/mol. The number of aromatic nitrogens is 2. The Kier molecular flexibility index (Phi) is 3.66. The van der Waals surface area contributed by atoms with Gasteiger partial charge < -0.3 is 10.1 Å². The largest absolute Gasteiger partial charge is 0.435 e. The van der Waals surface area contributed by atoms with E-state index in [-0.39, 0.29) is 5.75 Å². The van der Waals surface area contributed by atoms with E-state index in [0.717, 1.165) is 5.56 Å². The number of anilines is 1. The van der Waals surface area contributed by atoms with Gasteiger partial charge in [0.15, 0.2) is 5.82 Å². The molecule has 0 fully saturated rings. The van der Waals surface area contributed by atoms with Crippen molar-refractivity contribution in [3.05, 3.63) is 36.7 Å². The number of alkyl halides is 2. The van der Waals surface area contributed by atoms with Gasteiger partial charge in [0.25, 0.3) is 0 Å². The molecule has 0 spiro atoms. The van der Waals surface area contributed by atoms with Crippen LogP contribution in [0.25, 0.3) is 11.3 Å². The number of nitrogens with zero attached hydrogens (tertiary/aromatic N) is 2. The van der Waals surface area contributed by atoms with Gasteiger partial charge in [-0.3, -0.25) is 4.98 Å². The molecule has 0 aliphatic rings. The van der Waals surface area contributed by atoms with Crippen molar-refractivity contribution >= 4 is 5.82 Å². The average molecular weight is 251 g/mol. The minimum absolute atomic E-state index is 0.114. The smallest absolute Gasteiger partial charge is 0.387 e. The van der Waals surface area contributed by atoms with E-state index < -0.39 is 6.61 Å². The first-order chi connectivity index (χ1) is 8.70. The van der Waals surface area contributed by atoms with Gasteiger partial charge in [-0.25, -0.2) is 4.98 Å². The topological polar surface area (TPSA) is 47.0 Å². The van der Waals surface area contributed by atoms with Crippen molar-refractivity contribution in [3.63, 3.8) is 0 Å². The molecular weight excluding hydrogens is 240 g/mol. The Hall–Kier alpha value is -2.24. The van der Waals surface area contributed by atoms with Gasteiger partial charge in [0.05, 0.1) is 0 Å². The number of nitrogens with one attached hydrogen (secondary N) is 1. The van der Waals surface area contributed by atoms with Crippen molar-refractivity contribution in [1.82, 2.24) is 9.97 Å². The summed E-state index contributed by atoms with van der Waals surface area (Å²) in [5, 5.41) is 2.92. The molecule has 0 radical (unpaired) electrons. The van der Waals surface area contributed by atoms with Crippen LogP contribution in [0.3, 0.4) is 0 Å². The second-order valence-corrected chi connectivity index (χ2v) is 3.41. The van der Waals surface area contributed by atoms with Crippen molar-refractivity contribution in [2.24, 2.45) is 0 Å². The molecule has 2 aromatic rings. The molecule has 18 heavy (non-hydrogen) atoms. The molecule has 6 heteroatoms. The second kappa shape index (κ2) is 5.39. The molecule has 0 amide bonds. The van der Waals surface area contributed by atoms with Gasteiger partial charge in [0, 0.05) is 25.0 Å². The highest BCUT2D eigenvalue weighted by Crippen LogP contribution is 2.25. The fourth-order valence-electron chi connectivity index (χ4n) is 1.53. The summed E-state index contributed by atoms with van der Waals surface area (Å²) < 4.78 is 28.3. The van der Waals surface area contributed by atoms with E-state index in [2.05, 4.69) is 20.0 Å². The van der Waals surface area contributed by atoms with Gasteiger partial charge in [-0.2, -0.15) is 8.78 Å². The summed E-state index contributed by atoms with van der Waals surface area (Å²) in [5.41, 5.74) is 1.43. The standard InChI is InChI=1S/C12H11F2N3O/c1-15-11-10(16-6-7-17-11)8-2-4-9(5-3-8)18-12(13)14/h2-7,12H,1H3,(H,15,17). The Morgan fingerprint density at radius 3 is 2.39 bits per heavy atom. The summed E-state index contributed by atoms with van der Waals surface area (Å²) >= 11 is 0. The maximum atomic E-state index is 12.0. The van der Waals surface area contributed by atoms with Crippen LogP contribution in [0.5, 0.6) is 5.75 Å². The van der Waals surface area contributed by atoms with E-state index in [9.17, 15) is 8.78 Å². The summed E-state index contributed by atoms with van der Waals surface area (Å²) in [5.74, 6) is 0.740. The van der Waals surface area contributed by atoms with Gasteiger partial charge in [-0.1, -0.05) is 0 Å². The Labute approximate surface area is 103 Å². The Morgan fingerprint density at radius 2 is 1.78 bits per heavy atom. The zero-order chi connectivity index (χ0) is 13.0. The monoisotopic (exact) mass is 251 g/mol. The third-order valence-corrected chi connectivity index (χ3v) is 2.29. The van der Waals surface area contributed by atoms with E-state index in [0.29, 0.717) is 11.5 Å². The zero-order valence-corrected chi connectivity index (χ0v) is 9.60. The fourth-order valence-corrected chi connectivity index (χ4v) is 1.53. The molecular formula is C12H11F2N3O. The molecule has 0 bridgehead atoms. The number of hydrogen-bond acceptors (Lipinski definition) is 4. The molecule has 0 aliphatic carbocycles. The highest BCUT2D eigenvalue weighted by atomic mass is 19.3. The van der Waals surface area contributed by atoms with E-state index in [1.807, 2.05) is 0 Å². The van der Waals surface area contributed by atoms with Gasteiger partial charge >= 0.3 is 6.61 Å². The summed E-state index contributed by atoms with van der Waals surface area (Å²) in [6.07, 6.45) is 3.14. The Morgan fingerprint density at radius 1 is 1.11 bits per heavy atom. The SMILES string of the molecule is CNc1nccnc1-c1ccc(OC(F)F)cc1. The van der Waals surface area contributed by atoms with Crippen LogP contribution in [0.4, 0.5) is 14.6 Å². The maximum absolute atomic E-state index is 12.0. The number of benzene rings is 1. The molecule has 0 unspecified atom stereocenters. The molecule has 0 aliphatic heterocycles. The van der Waals surface area contributed by atoms with Crippen molar-refractivity contribution < 1.29 is 13.5 Å². The lowest BCUT2D eigenvalue weighted by Gasteiger charge is -2.08. The minimum Gasteiger partial charge on any atom is -0.435 e. The van der Waals surface area contributed by atoms with E-state index in [4.69, 9.17) is 0 Å². The summed E-state index contributed by atoms with van der Waals surface area (Å²) in [6.45, 7) is -2.82. The lowest BCUT2D eigenvalue weighted by molar-refractivity contribution is -0.0498. The Bertz CT molecular complexity index is 517. The van der Waals surface area contributed by atoms with E-state index >= 15 is 0 Å². The van der Waals surface area contributed by atoms with Crippen LogP contribution in [-0.2, 0) is 0 Å². The lowest BCUT2D eigenvalue weighted by atomic mass is 10.1. The van der Waals surface area contributed by atoms with Gasteiger partial charge in [0.2, 0.25) is 0 Å². The third-order valence-electron chi connectivity index (χ3n) is 2.29. The Balaban J connectivity index is 2.28. The minimum atomic E-state index is -2.82. The fraction of sp³-hybridized carbons (Fsp3) is 0.167. The molecule has 2 rings (SSSR count). The summed E-state index contributed by atoms with van der Waals surface area (Å²) in [6, 6.07) is 6.25. The first kappa shape index (κ1) is 12.2. The van der Waals surface area contributed by atoms with Crippen LogP contribution in [-0.4, -0.2) is 23.6 Å². The average Bonchev–Trinajstić information content (AvgIpc) is 2.39. The molecule has 1 aromatic carbocycles. The van der Waals surface area contributed by atoms with Crippen molar-refractivity contribution in [2.45, 2.75) is 6.61 Å².